The van der Waals surface area contributed by atoms with Gasteiger partial charge < -0.3 is 9.64 Å². The van der Waals surface area contributed by atoms with Crippen molar-refractivity contribution >= 4 is 21.5 Å². The minimum atomic E-state index is 0.777. The lowest BCUT2D eigenvalue weighted by Crippen LogP contribution is -2.21. The largest absolute Gasteiger partial charge is 0.492 e. The third kappa shape index (κ3) is 4.52. The zero-order chi connectivity index (χ0) is 17.5. The summed E-state index contributed by atoms with van der Waals surface area (Å²) in [7, 11) is 2.22. The molecule has 0 heterocycles. The van der Waals surface area contributed by atoms with E-state index >= 15 is 0 Å². The Morgan fingerprint density at radius 3 is 2.04 bits per heavy atom. The molecular weight excluding hydrogens is 306 g/mol. The van der Waals surface area contributed by atoms with Gasteiger partial charge in [0.25, 0.3) is 0 Å². The summed E-state index contributed by atoms with van der Waals surface area (Å²) in [5.74, 6) is 1.04. The van der Waals surface area contributed by atoms with Crippen molar-refractivity contribution in [2.75, 3.05) is 26.7 Å². The van der Waals surface area contributed by atoms with Gasteiger partial charge in [-0.15, -0.1) is 0 Å². The molecule has 25 heavy (non-hydrogen) atoms. The molecule has 0 spiro atoms. The fourth-order valence-corrected chi connectivity index (χ4v) is 3.33. The highest BCUT2D eigenvalue weighted by molar-refractivity contribution is 6.05. The lowest BCUT2D eigenvalue weighted by molar-refractivity contribution is 0.281. The fourth-order valence-electron chi connectivity index (χ4n) is 3.33. The first-order chi connectivity index (χ1) is 12.3. The number of hydrogen-bond acceptors (Lipinski definition) is 2. The van der Waals surface area contributed by atoms with Crippen LogP contribution < -0.4 is 4.74 Å². The van der Waals surface area contributed by atoms with Crippen LogP contribution >= 0.6 is 0 Å². The Bertz CT molecular complexity index is 757. The van der Waals surface area contributed by atoms with E-state index in [1.165, 1.54) is 47.4 Å². The summed E-state index contributed by atoms with van der Waals surface area (Å²) in [4.78, 5) is 2.43. The molecule has 2 heteroatoms. The Labute approximate surface area is 151 Å². The fraction of sp³-hybridized carbons (Fsp3) is 0.391. The minimum absolute atomic E-state index is 0.777. The molecule has 0 fully saturated rings. The van der Waals surface area contributed by atoms with Crippen molar-refractivity contribution in [1.29, 1.82) is 0 Å². The number of nitrogens with zero attached hydrogens (tertiary/aromatic N) is 1. The predicted octanol–water partition coefficient (Wildman–Crippen LogP) is 5.88. The standard InChI is InChI=1S/C23H29NO/c1-3-4-15-24(2)16-9-10-17-25-23-21-13-7-5-11-19(21)18-20-12-6-8-14-22(20)23/h5-8,11-14,18H,3-4,9-10,15-17H2,1-2H3. The Kier molecular flexibility index (Phi) is 6.30. The maximum atomic E-state index is 6.28. The van der Waals surface area contributed by atoms with Crippen molar-refractivity contribution in [3.05, 3.63) is 54.6 Å². The van der Waals surface area contributed by atoms with E-state index in [9.17, 15) is 0 Å². The average molecular weight is 335 g/mol. The monoisotopic (exact) mass is 335 g/mol. The van der Waals surface area contributed by atoms with E-state index in [2.05, 4.69) is 73.5 Å². The molecule has 0 bridgehead atoms. The second-order valence-corrected chi connectivity index (χ2v) is 6.86. The lowest BCUT2D eigenvalue weighted by atomic mass is 10.0. The van der Waals surface area contributed by atoms with Crippen molar-refractivity contribution < 1.29 is 4.74 Å². The molecule has 0 saturated heterocycles. The highest BCUT2D eigenvalue weighted by Gasteiger charge is 2.08. The van der Waals surface area contributed by atoms with Gasteiger partial charge in [0.2, 0.25) is 0 Å². The number of rotatable bonds is 9. The van der Waals surface area contributed by atoms with E-state index in [1.807, 2.05) is 0 Å². The molecule has 0 radical (unpaired) electrons. The highest BCUT2D eigenvalue weighted by Crippen LogP contribution is 2.34. The van der Waals surface area contributed by atoms with Crippen molar-refractivity contribution in [3.8, 4) is 5.75 Å². The van der Waals surface area contributed by atoms with Gasteiger partial charge in [0, 0.05) is 10.8 Å². The first-order valence-electron chi connectivity index (χ1n) is 9.51. The van der Waals surface area contributed by atoms with Crippen LogP contribution in [-0.2, 0) is 0 Å². The molecule has 0 saturated carbocycles. The van der Waals surface area contributed by atoms with Crippen LogP contribution in [-0.4, -0.2) is 31.6 Å². The molecule has 2 nitrogen and oxygen atoms in total. The quantitative estimate of drug-likeness (QED) is 0.357. The van der Waals surface area contributed by atoms with E-state index in [0.717, 1.165) is 25.3 Å². The third-order valence-electron chi connectivity index (χ3n) is 4.80. The van der Waals surface area contributed by atoms with Crippen molar-refractivity contribution in [2.24, 2.45) is 0 Å². The van der Waals surface area contributed by atoms with Gasteiger partial charge in [-0.1, -0.05) is 61.9 Å². The summed E-state index contributed by atoms with van der Waals surface area (Å²) in [6.07, 6.45) is 4.83. The number of benzene rings is 3. The van der Waals surface area contributed by atoms with Crippen molar-refractivity contribution in [3.63, 3.8) is 0 Å². The van der Waals surface area contributed by atoms with Gasteiger partial charge >= 0.3 is 0 Å². The van der Waals surface area contributed by atoms with Gasteiger partial charge in [0.15, 0.2) is 0 Å². The number of fused-ring (bicyclic) bond motifs is 2. The lowest BCUT2D eigenvalue weighted by Gasteiger charge is -2.16. The summed E-state index contributed by atoms with van der Waals surface area (Å²) in [6.45, 7) is 5.38. The van der Waals surface area contributed by atoms with E-state index in [1.54, 1.807) is 0 Å². The van der Waals surface area contributed by atoms with Gasteiger partial charge in [-0.2, -0.15) is 0 Å². The molecular formula is C23H29NO. The zero-order valence-electron chi connectivity index (χ0n) is 15.5. The molecule has 3 aromatic carbocycles. The van der Waals surface area contributed by atoms with Crippen LogP contribution in [0, 0.1) is 0 Å². The molecule has 0 aromatic heterocycles. The topological polar surface area (TPSA) is 12.5 Å². The normalized spacial score (nSPS) is 11.5. The molecule has 3 rings (SSSR count). The summed E-state index contributed by atoms with van der Waals surface area (Å²) in [6, 6.07) is 19.3. The predicted molar refractivity (Wildman–Crippen MR) is 109 cm³/mol. The SMILES string of the molecule is CCCCN(C)CCCCOc1c2ccccc2cc2ccccc12. The Morgan fingerprint density at radius 2 is 1.40 bits per heavy atom. The summed E-state index contributed by atoms with van der Waals surface area (Å²) in [5, 5.41) is 4.91. The van der Waals surface area contributed by atoms with Crippen LogP contribution in [0.4, 0.5) is 0 Å². The van der Waals surface area contributed by atoms with Crippen LogP contribution in [0.2, 0.25) is 0 Å². The van der Waals surface area contributed by atoms with Crippen molar-refractivity contribution in [1.82, 2.24) is 4.90 Å². The van der Waals surface area contributed by atoms with Crippen LogP contribution in [0.5, 0.6) is 5.75 Å². The molecule has 3 aromatic rings. The third-order valence-corrected chi connectivity index (χ3v) is 4.80. The second-order valence-electron chi connectivity index (χ2n) is 6.86. The molecule has 0 aliphatic rings. The highest BCUT2D eigenvalue weighted by atomic mass is 16.5. The number of ether oxygens (including phenoxy) is 1. The summed E-state index contributed by atoms with van der Waals surface area (Å²) < 4.78 is 6.28. The summed E-state index contributed by atoms with van der Waals surface area (Å²) in [5.41, 5.74) is 0. The second kappa shape index (κ2) is 8.87. The van der Waals surface area contributed by atoms with Gasteiger partial charge in [0.05, 0.1) is 6.61 Å². The van der Waals surface area contributed by atoms with E-state index in [-0.39, 0.29) is 0 Å². The average Bonchev–Trinajstić information content (AvgIpc) is 2.65. The van der Waals surface area contributed by atoms with Crippen LogP contribution in [0.25, 0.3) is 21.5 Å². The van der Waals surface area contributed by atoms with Gasteiger partial charge in [0.1, 0.15) is 5.75 Å². The Morgan fingerprint density at radius 1 is 0.800 bits per heavy atom. The molecule has 0 aliphatic carbocycles. The van der Waals surface area contributed by atoms with Crippen LogP contribution in [0.15, 0.2) is 54.6 Å². The first kappa shape index (κ1) is 17.8. The molecule has 0 N–H and O–H groups in total. The van der Waals surface area contributed by atoms with E-state index in [4.69, 9.17) is 4.74 Å². The van der Waals surface area contributed by atoms with E-state index < -0.39 is 0 Å². The Balaban J connectivity index is 1.66. The number of hydrogen-bond donors (Lipinski definition) is 0. The molecule has 0 unspecified atom stereocenters. The number of unbranched alkanes of at least 4 members (excludes halogenated alkanes) is 2. The molecule has 0 amide bonds. The van der Waals surface area contributed by atoms with Crippen LogP contribution in [0.3, 0.4) is 0 Å². The maximum absolute atomic E-state index is 6.28. The maximum Gasteiger partial charge on any atom is 0.134 e. The smallest absolute Gasteiger partial charge is 0.134 e. The zero-order valence-corrected chi connectivity index (χ0v) is 15.5. The van der Waals surface area contributed by atoms with Crippen LogP contribution in [0.1, 0.15) is 32.6 Å². The molecule has 0 aliphatic heterocycles. The minimum Gasteiger partial charge on any atom is -0.492 e. The summed E-state index contributed by atoms with van der Waals surface area (Å²) >= 11 is 0. The Hall–Kier alpha value is -2.06. The van der Waals surface area contributed by atoms with Gasteiger partial charge in [-0.25, -0.2) is 0 Å². The van der Waals surface area contributed by atoms with Gasteiger partial charge in [-0.05, 0) is 56.2 Å². The molecule has 0 atom stereocenters. The first-order valence-corrected chi connectivity index (χ1v) is 9.51. The van der Waals surface area contributed by atoms with Gasteiger partial charge in [-0.3, -0.25) is 0 Å². The van der Waals surface area contributed by atoms with Crippen molar-refractivity contribution in [2.45, 2.75) is 32.6 Å². The van der Waals surface area contributed by atoms with E-state index in [0.29, 0.717) is 0 Å². The molecule has 132 valence electrons.